The fourth-order valence-electron chi connectivity index (χ4n) is 1.35. The number of aromatic nitrogens is 3. The molecule has 0 amide bonds. The molecule has 0 bridgehead atoms. The van der Waals surface area contributed by atoms with E-state index in [-0.39, 0.29) is 5.25 Å². The fourth-order valence-corrected chi connectivity index (χ4v) is 2.38. The highest BCUT2D eigenvalue weighted by atomic mass is 32.2. The van der Waals surface area contributed by atoms with Gasteiger partial charge in [0.25, 0.3) is 0 Å². The van der Waals surface area contributed by atoms with E-state index in [9.17, 15) is 4.79 Å². The monoisotopic (exact) mass is 198 g/mol. The van der Waals surface area contributed by atoms with E-state index in [4.69, 9.17) is 5.73 Å². The number of nitrogen functional groups attached to an aromatic ring is 1. The molecule has 1 heterocycles. The third kappa shape index (κ3) is 1.82. The van der Waals surface area contributed by atoms with Crippen molar-refractivity contribution < 1.29 is 4.79 Å². The number of hydrogen-bond donors (Lipinski definition) is 2. The maximum atomic E-state index is 11.3. The third-order valence-corrected chi connectivity index (χ3v) is 3.15. The van der Waals surface area contributed by atoms with Crippen LogP contribution in [0.4, 0.5) is 5.95 Å². The van der Waals surface area contributed by atoms with Crippen molar-refractivity contribution >= 4 is 23.5 Å². The lowest BCUT2D eigenvalue weighted by Gasteiger charge is -2.01. The number of rotatable bonds is 2. The van der Waals surface area contributed by atoms with Crippen molar-refractivity contribution in [2.45, 2.75) is 29.7 Å². The molecule has 1 unspecified atom stereocenters. The molecule has 1 atom stereocenters. The first kappa shape index (κ1) is 8.55. The van der Waals surface area contributed by atoms with E-state index >= 15 is 0 Å². The number of H-pyrrole nitrogens is 1. The highest BCUT2D eigenvalue weighted by Crippen LogP contribution is 2.30. The van der Waals surface area contributed by atoms with Crippen LogP contribution in [0.2, 0.25) is 0 Å². The van der Waals surface area contributed by atoms with Gasteiger partial charge in [-0.3, -0.25) is 4.79 Å². The number of nitrogens with one attached hydrogen (secondary N) is 1. The first-order valence-corrected chi connectivity index (χ1v) is 5.01. The van der Waals surface area contributed by atoms with Crippen LogP contribution in [-0.2, 0) is 4.79 Å². The number of carbonyl (C=O) groups excluding carboxylic acids is 1. The largest absolute Gasteiger partial charge is 0.368 e. The van der Waals surface area contributed by atoms with Crippen LogP contribution in [0.3, 0.4) is 0 Å². The molecule has 1 aromatic heterocycles. The molecule has 70 valence electrons. The number of thioether (sulfide) groups is 1. The summed E-state index contributed by atoms with van der Waals surface area (Å²) in [5.41, 5.74) is 5.36. The molecule has 1 aliphatic carbocycles. The van der Waals surface area contributed by atoms with E-state index in [1.54, 1.807) is 0 Å². The first-order chi connectivity index (χ1) is 6.25. The molecule has 1 aromatic rings. The van der Waals surface area contributed by atoms with Gasteiger partial charge in [0.05, 0.1) is 5.25 Å². The Hall–Kier alpha value is -1.04. The summed E-state index contributed by atoms with van der Waals surface area (Å²) in [6.45, 7) is 0. The second kappa shape index (κ2) is 3.37. The highest BCUT2D eigenvalue weighted by Gasteiger charge is 2.26. The van der Waals surface area contributed by atoms with Gasteiger partial charge in [-0.25, -0.2) is 5.10 Å². The highest BCUT2D eigenvalue weighted by molar-refractivity contribution is 8.00. The lowest BCUT2D eigenvalue weighted by molar-refractivity contribution is -0.116. The van der Waals surface area contributed by atoms with Gasteiger partial charge in [0.2, 0.25) is 11.1 Å². The van der Waals surface area contributed by atoms with Gasteiger partial charge < -0.3 is 5.73 Å². The van der Waals surface area contributed by atoms with Gasteiger partial charge in [-0.1, -0.05) is 11.8 Å². The van der Waals surface area contributed by atoms with Crippen LogP contribution in [0.25, 0.3) is 0 Å². The summed E-state index contributed by atoms with van der Waals surface area (Å²) in [6, 6.07) is 0. The van der Waals surface area contributed by atoms with E-state index in [1.807, 2.05) is 0 Å². The number of hydrogen-bond acceptors (Lipinski definition) is 5. The number of ketones is 1. The number of anilines is 1. The quantitative estimate of drug-likeness (QED) is 0.727. The molecule has 0 aromatic carbocycles. The maximum absolute atomic E-state index is 11.3. The molecule has 0 saturated heterocycles. The topological polar surface area (TPSA) is 84.7 Å². The molecule has 13 heavy (non-hydrogen) atoms. The van der Waals surface area contributed by atoms with Gasteiger partial charge >= 0.3 is 0 Å². The van der Waals surface area contributed by atoms with Gasteiger partial charge in [0.1, 0.15) is 5.78 Å². The van der Waals surface area contributed by atoms with Crippen LogP contribution in [0.15, 0.2) is 5.16 Å². The lowest BCUT2D eigenvalue weighted by Crippen LogP contribution is -2.08. The maximum Gasteiger partial charge on any atom is 0.216 e. The molecule has 0 spiro atoms. The number of nitrogens with two attached hydrogens (primary N) is 1. The summed E-state index contributed by atoms with van der Waals surface area (Å²) in [6.07, 6.45) is 2.60. The van der Waals surface area contributed by atoms with E-state index in [0.29, 0.717) is 23.3 Å². The smallest absolute Gasteiger partial charge is 0.216 e. The van der Waals surface area contributed by atoms with Crippen molar-refractivity contribution in [1.29, 1.82) is 0 Å². The molecular formula is C7H10N4OS. The summed E-state index contributed by atoms with van der Waals surface area (Å²) < 4.78 is 0. The number of aromatic amines is 1. The minimum atomic E-state index is 0.0372. The molecule has 1 fully saturated rings. The standard InChI is InChI=1S/C7H10N4OS/c8-6-9-7(11-10-6)13-5-3-1-2-4(5)12/h5H,1-3H2,(H3,8,9,10,11). The first-order valence-electron chi connectivity index (χ1n) is 4.13. The van der Waals surface area contributed by atoms with E-state index < -0.39 is 0 Å². The van der Waals surface area contributed by atoms with Gasteiger partial charge in [-0.15, -0.1) is 5.10 Å². The molecule has 5 nitrogen and oxygen atoms in total. The Labute approximate surface area is 79.5 Å². The minimum absolute atomic E-state index is 0.0372. The second-order valence-corrected chi connectivity index (χ2v) is 4.14. The van der Waals surface area contributed by atoms with E-state index in [0.717, 1.165) is 12.8 Å². The Balaban J connectivity index is 2.01. The predicted molar refractivity (Wildman–Crippen MR) is 49.3 cm³/mol. The average Bonchev–Trinajstić information content (AvgIpc) is 2.64. The fraction of sp³-hybridized carbons (Fsp3) is 0.571. The zero-order chi connectivity index (χ0) is 9.26. The van der Waals surface area contributed by atoms with Gasteiger partial charge in [-0.2, -0.15) is 4.98 Å². The normalized spacial score (nSPS) is 22.5. The van der Waals surface area contributed by atoms with Crippen LogP contribution in [0.5, 0.6) is 0 Å². The molecule has 3 N–H and O–H groups in total. The Bertz CT molecular complexity index is 324. The predicted octanol–water partition coefficient (Wildman–Crippen LogP) is 0.601. The Morgan fingerprint density at radius 1 is 1.62 bits per heavy atom. The van der Waals surface area contributed by atoms with Crippen LogP contribution in [0, 0.1) is 0 Å². The minimum Gasteiger partial charge on any atom is -0.368 e. The van der Waals surface area contributed by atoms with Crippen molar-refractivity contribution in [3.8, 4) is 0 Å². The zero-order valence-corrected chi connectivity index (χ0v) is 7.80. The van der Waals surface area contributed by atoms with Crippen LogP contribution >= 0.6 is 11.8 Å². The van der Waals surface area contributed by atoms with Crippen LogP contribution in [-0.4, -0.2) is 26.2 Å². The van der Waals surface area contributed by atoms with Crippen molar-refractivity contribution in [3.05, 3.63) is 0 Å². The van der Waals surface area contributed by atoms with Gasteiger partial charge in [0, 0.05) is 6.42 Å². The number of nitrogens with zero attached hydrogens (tertiary/aromatic N) is 2. The average molecular weight is 198 g/mol. The van der Waals surface area contributed by atoms with E-state index in [2.05, 4.69) is 15.2 Å². The Morgan fingerprint density at radius 2 is 2.46 bits per heavy atom. The molecule has 1 saturated carbocycles. The molecule has 2 rings (SSSR count). The lowest BCUT2D eigenvalue weighted by atomic mass is 10.3. The van der Waals surface area contributed by atoms with Crippen molar-refractivity contribution in [1.82, 2.24) is 15.2 Å². The molecular weight excluding hydrogens is 188 g/mol. The van der Waals surface area contributed by atoms with Gasteiger partial charge in [0.15, 0.2) is 0 Å². The summed E-state index contributed by atoms with van der Waals surface area (Å²) >= 11 is 1.40. The molecule has 1 aliphatic rings. The summed E-state index contributed by atoms with van der Waals surface area (Å²) in [5.74, 6) is 0.598. The zero-order valence-electron chi connectivity index (χ0n) is 6.99. The van der Waals surface area contributed by atoms with E-state index in [1.165, 1.54) is 11.8 Å². The molecule has 6 heteroatoms. The van der Waals surface area contributed by atoms with Crippen LogP contribution < -0.4 is 5.73 Å². The SMILES string of the molecule is Nc1nc(SC2CCCC2=O)n[nH]1. The van der Waals surface area contributed by atoms with Crippen LogP contribution in [0.1, 0.15) is 19.3 Å². The van der Waals surface area contributed by atoms with Gasteiger partial charge in [-0.05, 0) is 12.8 Å². The number of Topliss-reactive ketones (excluding diaryl/α,β-unsaturated/α-hetero) is 1. The van der Waals surface area contributed by atoms with Crippen molar-refractivity contribution in [2.75, 3.05) is 5.73 Å². The Kier molecular flexibility index (Phi) is 2.22. The number of carbonyl (C=O) groups is 1. The Morgan fingerprint density at radius 3 is 3.00 bits per heavy atom. The molecule has 0 radical (unpaired) electrons. The molecule has 0 aliphatic heterocycles. The summed E-state index contributed by atoms with van der Waals surface area (Å²) in [7, 11) is 0. The van der Waals surface area contributed by atoms with Crippen molar-refractivity contribution in [2.24, 2.45) is 0 Å². The third-order valence-electron chi connectivity index (χ3n) is 1.98. The second-order valence-electron chi connectivity index (χ2n) is 2.97. The van der Waals surface area contributed by atoms with Crippen molar-refractivity contribution in [3.63, 3.8) is 0 Å². The summed E-state index contributed by atoms with van der Waals surface area (Å²) in [4.78, 5) is 15.2. The summed E-state index contributed by atoms with van der Waals surface area (Å²) in [5, 5.41) is 7.01.